The summed E-state index contributed by atoms with van der Waals surface area (Å²) in [5.41, 5.74) is 5.23. The smallest absolute Gasteiger partial charge is 0.257 e. The van der Waals surface area contributed by atoms with Crippen LogP contribution in [0.15, 0.2) is 18.2 Å². The average Bonchev–Trinajstić information content (AvgIpc) is 2.28. The van der Waals surface area contributed by atoms with Gasteiger partial charge in [-0.15, -0.1) is 0 Å². The second kappa shape index (κ2) is 6.58. The minimum Gasteiger partial charge on any atom is -0.482 e. The monoisotopic (exact) mass is 262 g/mol. The van der Waals surface area contributed by atoms with Crippen molar-refractivity contribution in [3.63, 3.8) is 0 Å². The van der Waals surface area contributed by atoms with Crippen molar-refractivity contribution in [1.29, 1.82) is 0 Å². The zero-order valence-electron chi connectivity index (χ0n) is 8.50. The third-order valence-electron chi connectivity index (χ3n) is 1.74. The van der Waals surface area contributed by atoms with Gasteiger partial charge in [0.2, 0.25) is 0 Å². The molecule has 0 heterocycles. The van der Waals surface area contributed by atoms with E-state index in [1.165, 1.54) is 0 Å². The molecule has 1 amide bonds. The Bertz CT molecular complexity index is 372. The van der Waals surface area contributed by atoms with E-state index in [0.29, 0.717) is 28.9 Å². The van der Waals surface area contributed by atoms with Gasteiger partial charge in [-0.3, -0.25) is 4.79 Å². The number of ether oxygens (including phenoxy) is 1. The van der Waals surface area contributed by atoms with Crippen LogP contribution in [0.25, 0.3) is 0 Å². The number of carbonyl (C=O) groups is 1. The molecule has 0 aliphatic rings. The molecule has 1 aromatic carbocycles. The van der Waals surface area contributed by atoms with Gasteiger partial charge in [0.15, 0.2) is 6.61 Å². The number of nitrogens with two attached hydrogens (primary N) is 1. The Hall–Kier alpha value is -0.970. The Morgan fingerprint density at radius 2 is 2.19 bits per heavy atom. The Kier molecular flexibility index (Phi) is 5.38. The molecule has 3 N–H and O–H groups in total. The Balaban J connectivity index is 2.48. The van der Waals surface area contributed by atoms with Gasteiger partial charge < -0.3 is 15.8 Å². The molecular formula is C10H12Cl2N2O2. The maximum Gasteiger partial charge on any atom is 0.257 e. The molecule has 0 saturated heterocycles. The summed E-state index contributed by atoms with van der Waals surface area (Å²) in [6, 6.07) is 4.98. The van der Waals surface area contributed by atoms with Gasteiger partial charge in [0.1, 0.15) is 10.8 Å². The summed E-state index contributed by atoms with van der Waals surface area (Å²) in [5.74, 6) is 0.138. The van der Waals surface area contributed by atoms with E-state index >= 15 is 0 Å². The van der Waals surface area contributed by atoms with Crippen LogP contribution < -0.4 is 15.8 Å². The highest BCUT2D eigenvalue weighted by Crippen LogP contribution is 2.31. The zero-order valence-corrected chi connectivity index (χ0v) is 10.0. The molecule has 0 radical (unpaired) electrons. The van der Waals surface area contributed by atoms with E-state index in [1.807, 2.05) is 0 Å². The van der Waals surface area contributed by atoms with Crippen molar-refractivity contribution in [2.75, 3.05) is 19.7 Å². The van der Waals surface area contributed by atoms with Gasteiger partial charge in [-0.05, 0) is 12.1 Å². The van der Waals surface area contributed by atoms with Crippen LogP contribution in [0.4, 0.5) is 0 Å². The highest BCUT2D eigenvalue weighted by atomic mass is 35.5. The molecule has 4 nitrogen and oxygen atoms in total. The van der Waals surface area contributed by atoms with E-state index in [-0.39, 0.29) is 12.5 Å². The number of carbonyl (C=O) groups excluding carboxylic acids is 1. The summed E-state index contributed by atoms with van der Waals surface area (Å²) >= 11 is 11.7. The first-order chi connectivity index (χ1) is 7.65. The molecule has 0 unspecified atom stereocenters. The Morgan fingerprint density at radius 1 is 1.44 bits per heavy atom. The normalized spacial score (nSPS) is 9.94. The van der Waals surface area contributed by atoms with Crippen LogP contribution in [0.3, 0.4) is 0 Å². The van der Waals surface area contributed by atoms with Gasteiger partial charge in [-0.2, -0.15) is 0 Å². The lowest BCUT2D eigenvalue weighted by atomic mass is 10.3. The van der Waals surface area contributed by atoms with Gasteiger partial charge in [0.25, 0.3) is 5.91 Å². The highest BCUT2D eigenvalue weighted by molar-refractivity contribution is 6.42. The van der Waals surface area contributed by atoms with Gasteiger partial charge in [-0.1, -0.05) is 29.3 Å². The summed E-state index contributed by atoms with van der Waals surface area (Å²) in [7, 11) is 0. The molecule has 0 bridgehead atoms. The maximum atomic E-state index is 11.2. The fraction of sp³-hybridized carbons (Fsp3) is 0.300. The molecule has 1 rings (SSSR count). The van der Waals surface area contributed by atoms with Gasteiger partial charge in [0.05, 0.1) is 5.02 Å². The molecule has 16 heavy (non-hydrogen) atoms. The SMILES string of the molecule is NCCNC(=O)COc1cccc(Cl)c1Cl. The van der Waals surface area contributed by atoms with E-state index in [4.69, 9.17) is 33.7 Å². The number of benzene rings is 1. The van der Waals surface area contributed by atoms with Gasteiger partial charge in [0, 0.05) is 13.1 Å². The average molecular weight is 263 g/mol. The topological polar surface area (TPSA) is 64.3 Å². The lowest BCUT2D eigenvalue weighted by molar-refractivity contribution is -0.123. The first-order valence-corrected chi connectivity index (χ1v) is 5.44. The van der Waals surface area contributed by atoms with Crippen molar-refractivity contribution in [1.82, 2.24) is 5.32 Å². The molecule has 1 aromatic rings. The van der Waals surface area contributed by atoms with Crippen LogP contribution in [0.5, 0.6) is 5.75 Å². The first-order valence-electron chi connectivity index (χ1n) is 4.68. The summed E-state index contributed by atoms with van der Waals surface area (Å²) in [4.78, 5) is 11.2. The molecule has 0 atom stereocenters. The molecule has 0 aromatic heterocycles. The Labute approximate surface area is 104 Å². The summed E-state index contributed by atoms with van der Waals surface area (Å²) in [6.45, 7) is 0.704. The molecule has 0 fully saturated rings. The van der Waals surface area contributed by atoms with E-state index < -0.39 is 0 Å². The summed E-state index contributed by atoms with van der Waals surface area (Å²) < 4.78 is 5.21. The minimum atomic E-state index is -0.249. The highest BCUT2D eigenvalue weighted by Gasteiger charge is 2.07. The number of rotatable bonds is 5. The van der Waals surface area contributed by atoms with E-state index in [1.54, 1.807) is 18.2 Å². The second-order valence-corrected chi connectivity index (χ2v) is 3.76. The van der Waals surface area contributed by atoms with Crippen LogP contribution in [0.2, 0.25) is 10.0 Å². The fourth-order valence-electron chi connectivity index (χ4n) is 1.00. The van der Waals surface area contributed by atoms with E-state index in [2.05, 4.69) is 5.32 Å². The molecule has 6 heteroatoms. The van der Waals surface area contributed by atoms with Crippen molar-refractivity contribution in [3.05, 3.63) is 28.2 Å². The van der Waals surface area contributed by atoms with Crippen molar-refractivity contribution < 1.29 is 9.53 Å². The lowest BCUT2D eigenvalue weighted by Gasteiger charge is -2.08. The van der Waals surface area contributed by atoms with Crippen LogP contribution in [0.1, 0.15) is 0 Å². The maximum absolute atomic E-state index is 11.2. The molecular weight excluding hydrogens is 251 g/mol. The molecule has 0 aliphatic heterocycles. The summed E-state index contributed by atoms with van der Waals surface area (Å²) in [5, 5.41) is 3.26. The van der Waals surface area contributed by atoms with Crippen LogP contribution in [-0.2, 0) is 4.79 Å². The lowest BCUT2D eigenvalue weighted by Crippen LogP contribution is -2.32. The molecule has 0 saturated carbocycles. The molecule has 0 aliphatic carbocycles. The first kappa shape index (κ1) is 13.1. The quantitative estimate of drug-likeness (QED) is 0.845. The number of nitrogens with one attached hydrogen (secondary N) is 1. The van der Waals surface area contributed by atoms with E-state index in [0.717, 1.165) is 0 Å². The third kappa shape index (κ3) is 3.89. The van der Waals surface area contributed by atoms with Crippen LogP contribution >= 0.6 is 23.2 Å². The second-order valence-electron chi connectivity index (χ2n) is 2.98. The number of halogens is 2. The standard InChI is InChI=1S/C10H12Cl2N2O2/c11-7-2-1-3-8(10(7)12)16-6-9(15)14-5-4-13/h1-3H,4-6,13H2,(H,14,15). The number of amides is 1. The predicted molar refractivity (Wildman–Crippen MR) is 64.0 cm³/mol. The van der Waals surface area contributed by atoms with Crippen LogP contribution in [0, 0.1) is 0 Å². The molecule has 0 spiro atoms. The predicted octanol–water partition coefficient (Wildman–Crippen LogP) is 1.45. The fourth-order valence-corrected chi connectivity index (χ4v) is 1.35. The Morgan fingerprint density at radius 3 is 2.88 bits per heavy atom. The molecule has 88 valence electrons. The number of hydrogen-bond acceptors (Lipinski definition) is 3. The van der Waals surface area contributed by atoms with Crippen molar-refractivity contribution in [3.8, 4) is 5.75 Å². The van der Waals surface area contributed by atoms with E-state index in [9.17, 15) is 4.79 Å². The largest absolute Gasteiger partial charge is 0.482 e. The van der Waals surface area contributed by atoms with Gasteiger partial charge in [-0.25, -0.2) is 0 Å². The zero-order chi connectivity index (χ0) is 12.0. The summed E-state index contributed by atoms with van der Waals surface area (Å²) in [6.07, 6.45) is 0. The van der Waals surface area contributed by atoms with Gasteiger partial charge >= 0.3 is 0 Å². The minimum absolute atomic E-state index is 0.111. The van der Waals surface area contributed by atoms with Crippen LogP contribution in [-0.4, -0.2) is 25.6 Å². The van der Waals surface area contributed by atoms with Crippen molar-refractivity contribution in [2.24, 2.45) is 5.73 Å². The van der Waals surface area contributed by atoms with Crippen molar-refractivity contribution >= 4 is 29.1 Å². The third-order valence-corrected chi connectivity index (χ3v) is 2.54. The number of hydrogen-bond donors (Lipinski definition) is 2. The van der Waals surface area contributed by atoms with Crippen molar-refractivity contribution in [2.45, 2.75) is 0 Å².